The molecule has 0 bridgehead atoms. The fourth-order valence-corrected chi connectivity index (χ4v) is 3.85. The summed E-state index contributed by atoms with van der Waals surface area (Å²) >= 11 is 0. The monoisotopic (exact) mass is 450 g/mol. The van der Waals surface area contributed by atoms with Gasteiger partial charge in [0.25, 0.3) is 0 Å². The van der Waals surface area contributed by atoms with Gasteiger partial charge in [0.1, 0.15) is 18.7 Å². The Labute approximate surface area is 192 Å². The van der Waals surface area contributed by atoms with Gasteiger partial charge in [-0.1, -0.05) is 48.5 Å². The molecule has 2 unspecified atom stereocenters. The molecule has 0 radical (unpaired) electrons. The van der Waals surface area contributed by atoms with E-state index in [2.05, 4.69) is 22.5 Å². The molecule has 2 amide bonds. The zero-order valence-corrected chi connectivity index (χ0v) is 18.2. The summed E-state index contributed by atoms with van der Waals surface area (Å²) in [5.41, 5.74) is 4.32. The molecule has 8 nitrogen and oxygen atoms in total. The van der Waals surface area contributed by atoms with Crippen LogP contribution in [0.2, 0.25) is 0 Å². The number of ether oxygens (including phenoxy) is 1. The number of aliphatic carboxylic acids is 1. The maximum atomic E-state index is 12.6. The molecule has 2 atom stereocenters. The van der Waals surface area contributed by atoms with Gasteiger partial charge in [0, 0.05) is 25.4 Å². The summed E-state index contributed by atoms with van der Waals surface area (Å²) in [6.45, 7) is 1.26. The number of hydrogen-bond donors (Lipinski definition) is 4. The number of carboxylic acids is 1. The average molecular weight is 450 g/mol. The molecular formula is C25H26N2O6. The molecule has 0 spiro atoms. The number of aliphatic hydroxyl groups excluding tert-OH is 1. The molecule has 8 heteroatoms. The van der Waals surface area contributed by atoms with Gasteiger partial charge in [0.15, 0.2) is 0 Å². The minimum absolute atomic E-state index is 0.0159. The number of carbonyl (C=O) groups excluding carboxylic acids is 2. The van der Waals surface area contributed by atoms with Crippen molar-refractivity contribution < 1.29 is 29.3 Å². The van der Waals surface area contributed by atoms with Crippen LogP contribution < -0.4 is 10.6 Å². The van der Waals surface area contributed by atoms with E-state index in [1.807, 2.05) is 48.5 Å². The second-order valence-corrected chi connectivity index (χ2v) is 7.57. The summed E-state index contributed by atoms with van der Waals surface area (Å²) < 4.78 is 5.47. The number of carboxylic acid groups (broad SMARTS) is 1. The third-order valence-electron chi connectivity index (χ3n) is 5.47. The SMILES string of the molecule is CC#CCC(NC(=O)OCC1c2ccccc2-c2ccccc21)C(=O)NC(CCO)C(=O)O. The van der Waals surface area contributed by atoms with Crippen molar-refractivity contribution in [3.63, 3.8) is 0 Å². The molecule has 172 valence electrons. The average Bonchev–Trinajstić information content (AvgIpc) is 3.13. The van der Waals surface area contributed by atoms with Crippen LogP contribution in [0.1, 0.15) is 36.8 Å². The van der Waals surface area contributed by atoms with Crippen molar-refractivity contribution in [2.75, 3.05) is 13.2 Å². The molecule has 33 heavy (non-hydrogen) atoms. The predicted molar refractivity (Wildman–Crippen MR) is 121 cm³/mol. The zero-order chi connectivity index (χ0) is 23.8. The molecule has 0 aliphatic heterocycles. The van der Waals surface area contributed by atoms with E-state index < -0.39 is 36.7 Å². The van der Waals surface area contributed by atoms with Gasteiger partial charge in [-0.15, -0.1) is 11.8 Å². The first-order valence-corrected chi connectivity index (χ1v) is 10.6. The van der Waals surface area contributed by atoms with E-state index >= 15 is 0 Å². The lowest BCUT2D eigenvalue weighted by molar-refractivity contribution is -0.142. The third-order valence-corrected chi connectivity index (χ3v) is 5.47. The minimum atomic E-state index is -1.28. The van der Waals surface area contributed by atoms with E-state index in [9.17, 15) is 19.5 Å². The van der Waals surface area contributed by atoms with Crippen LogP contribution >= 0.6 is 0 Å². The number of rotatable bonds is 9. The molecule has 0 aromatic heterocycles. The van der Waals surface area contributed by atoms with Crippen LogP contribution in [-0.2, 0) is 14.3 Å². The second kappa shape index (κ2) is 11.2. The topological polar surface area (TPSA) is 125 Å². The van der Waals surface area contributed by atoms with Gasteiger partial charge in [-0.25, -0.2) is 9.59 Å². The van der Waals surface area contributed by atoms with Gasteiger partial charge in [-0.2, -0.15) is 0 Å². The van der Waals surface area contributed by atoms with Crippen LogP contribution in [0, 0.1) is 11.8 Å². The Morgan fingerprint density at radius 3 is 2.15 bits per heavy atom. The largest absolute Gasteiger partial charge is 0.480 e. The van der Waals surface area contributed by atoms with Crippen LogP contribution in [0.15, 0.2) is 48.5 Å². The lowest BCUT2D eigenvalue weighted by atomic mass is 9.98. The first kappa shape index (κ1) is 23.8. The molecular weight excluding hydrogens is 424 g/mol. The van der Waals surface area contributed by atoms with Crippen LogP contribution in [-0.4, -0.2) is 53.5 Å². The number of fused-ring (bicyclic) bond motifs is 3. The van der Waals surface area contributed by atoms with Gasteiger partial charge in [-0.3, -0.25) is 4.79 Å². The molecule has 1 aliphatic rings. The molecule has 0 fully saturated rings. The van der Waals surface area contributed by atoms with Gasteiger partial charge < -0.3 is 25.6 Å². The highest BCUT2D eigenvalue weighted by atomic mass is 16.5. The number of benzene rings is 2. The Morgan fingerprint density at radius 1 is 1.00 bits per heavy atom. The predicted octanol–water partition coefficient (Wildman–Crippen LogP) is 2.26. The highest BCUT2D eigenvalue weighted by Gasteiger charge is 2.30. The summed E-state index contributed by atoms with van der Waals surface area (Å²) in [5.74, 6) is 3.24. The summed E-state index contributed by atoms with van der Waals surface area (Å²) in [6.07, 6.45) is -0.972. The fourth-order valence-electron chi connectivity index (χ4n) is 3.85. The number of alkyl carbamates (subject to hydrolysis) is 1. The lowest BCUT2D eigenvalue weighted by Crippen LogP contribution is -2.51. The number of nitrogens with one attached hydrogen (secondary N) is 2. The summed E-state index contributed by atoms with van der Waals surface area (Å²) in [4.78, 5) is 36.4. The first-order valence-electron chi connectivity index (χ1n) is 10.6. The summed E-state index contributed by atoms with van der Waals surface area (Å²) in [6, 6.07) is 13.5. The Hall–Kier alpha value is -3.83. The zero-order valence-electron chi connectivity index (χ0n) is 18.2. The third kappa shape index (κ3) is 5.70. The van der Waals surface area contributed by atoms with Crippen molar-refractivity contribution in [3.05, 3.63) is 59.7 Å². The molecule has 0 saturated carbocycles. The Kier molecular flexibility index (Phi) is 8.06. The molecule has 2 aromatic carbocycles. The van der Waals surface area contributed by atoms with Crippen molar-refractivity contribution in [1.82, 2.24) is 10.6 Å². The maximum Gasteiger partial charge on any atom is 0.407 e. The molecule has 0 saturated heterocycles. The van der Waals surface area contributed by atoms with Crippen LogP contribution in [0.3, 0.4) is 0 Å². The van der Waals surface area contributed by atoms with Crippen molar-refractivity contribution in [1.29, 1.82) is 0 Å². The second-order valence-electron chi connectivity index (χ2n) is 7.57. The molecule has 4 N–H and O–H groups in total. The van der Waals surface area contributed by atoms with Crippen LogP contribution in [0.5, 0.6) is 0 Å². The van der Waals surface area contributed by atoms with Gasteiger partial charge >= 0.3 is 12.1 Å². The normalized spacial score (nSPS) is 13.5. The lowest BCUT2D eigenvalue weighted by Gasteiger charge is -2.20. The van der Waals surface area contributed by atoms with E-state index in [0.29, 0.717) is 0 Å². The molecule has 1 aliphatic carbocycles. The number of hydrogen-bond acceptors (Lipinski definition) is 5. The van der Waals surface area contributed by atoms with Crippen LogP contribution in [0.4, 0.5) is 4.79 Å². The van der Waals surface area contributed by atoms with Crippen molar-refractivity contribution in [2.45, 2.75) is 37.8 Å². The van der Waals surface area contributed by atoms with E-state index in [1.165, 1.54) is 0 Å². The Balaban J connectivity index is 1.66. The Morgan fingerprint density at radius 2 is 1.61 bits per heavy atom. The van der Waals surface area contributed by atoms with Gasteiger partial charge in [-0.05, 0) is 29.2 Å². The van der Waals surface area contributed by atoms with Crippen molar-refractivity contribution in [3.8, 4) is 23.0 Å². The van der Waals surface area contributed by atoms with E-state index in [-0.39, 0.29) is 25.4 Å². The summed E-state index contributed by atoms with van der Waals surface area (Å²) in [7, 11) is 0. The van der Waals surface area contributed by atoms with Crippen molar-refractivity contribution in [2.24, 2.45) is 0 Å². The Bertz CT molecular complexity index is 1040. The van der Waals surface area contributed by atoms with E-state index in [4.69, 9.17) is 9.84 Å². The van der Waals surface area contributed by atoms with E-state index in [1.54, 1.807) is 6.92 Å². The number of amides is 2. The number of carbonyl (C=O) groups is 3. The van der Waals surface area contributed by atoms with Gasteiger partial charge in [0.2, 0.25) is 5.91 Å². The van der Waals surface area contributed by atoms with Crippen LogP contribution in [0.25, 0.3) is 11.1 Å². The summed E-state index contributed by atoms with van der Waals surface area (Å²) in [5, 5.41) is 23.0. The maximum absolute atomic E-state index is 12.6. The standard InChI is InChI=1S/C25H26N2O6/c1-2-3-12-21(23(29)26-22(13-14-28)24(30)31)27-25(32)33-15-20-18-10-6-4-8-16(18)17-9-5-7-11-19(17)20/h4-11,20-22,28H,12-15H2,1H3,(H,26,29)(H,27,32)(H,30,31). The van der Waals surface area contributed by atoms with Gasteiger partial charge in [0.05, 0.1) is 0 Å². The molecule has 3 rings (SSSR count). The van der Waals surface area contributed by atoms with Crippen molar-refractivity contribution >= 4 is 18.0 Å². The fraction of sp³-hybridized carbons (Fsp3) is 0.320. The number of aliphatic hydroxyl groups is 1. The first-order chi connectivity index (χ1) is 16.0. The minimum Gasteiger partial charge on any atom is -0.480 e. The smallest absolute Gasteiger partial charge is 0.407 e. The molecule has 2 aromatic rings. The highest BCUT2D eigenvalue weighted by molar-refractivity contribution is 5.89. The highest BCUT2D eigenvalue weighted by Crippen LogP contribution is 2.44. The quantitative estimate of drug-likeness (QED) is 0.435. The molecule has 0 heterocycles. The van der Waals surface area contributed by atoms with E-state index in [0.717, 1.165) is 22.3 Å².